The van der Waals surface area contributed by atoms with Gasteiger partial charge in [-0.3, -0.25) is 43.2 Å². The summed E-state index contributed by atoms with van der Waals surface area (Å²) in [4.78, 5) is 145. The summed E-state index contributed by atoms with van der Waals surface area (Å²) in [5.74, 6) is -6.52. The lowest BCUT2D eigenvalue weighted by Gasteiger charge is -2.28. The number of H-pyrrole nitrogens is 4. The van der Waals surface area contributed by atoms with Crippen molar-refractivity contribution < 1.29 is 43.2 Å². The fourth-order valence-corrected chi connectivity index (χ4v) is 12.8. The van der Waals surface area contributed by atoms with Gasteiger partial charge in [0.1, 0.15) is 48.3 Å². The van der Waals surface area contributed by atoms with Crippen LogP contribution in [0.1, 0.15) is 119 Å². The summed E-state index contributed by atoms with van der Waals surface area (Å²) in [5, 5.41) is 26.2. The molecule has 548 valence electrons. The van der Waals surface area contributed by atoms with Gasteiger partial charge in [0.15, 0.2) is 0 Å². The molecular weight excluding hydrogens is 1300 g/mol. The molecule has 28 nitrogen and oxygen atoms in total. The first kappa shape index (κ1) is 77.8. The summed E-state index contributed by atoms with van der Waals surface area (Å²) in [6.45, 7) is 1.62. The van der Waals surface area contributed by atoms with E-state index in [0.29, 0.717) is 113 Å². The molecule has 0 aliphatic heterocycles. The molecular formula is C74H103N19O9. The summed E-state index contributed by atoms with van der Waals surface area (Å²) in [7, 11) is 0. The third-order valence-corrected chi connectivity index (χ3v) is 18.6. The van der Waals surface area contributed by atoms with Crippen molar-refractivity contribution in [1.82, 2.24) is 62.5 Å². The first-order valence-electron chi connectivity index (χ1n) is 35.6. The van der Waals surface area contributed by atoms with Gasteiger partial charge in [0.05, 0.1) is 6.04 Å². The van der Waals surface area contributed by atoms with Gasteiger partial charge < -0.3 is 103 Å². The molecule has 0 aliphatic carbocycles. The van der Waals surface area contributed by atoms with Crippen molar-refractivity contribution in [3.8, 4) is 0 Å². The zero-order chi connectivity index (χ0) is 72.9. The van der Waals surface area contributed by atoms with E-state index in [1.807, 2.05) is 97.1 Å². The van der Waals surface area contributed by atoms with Crippen LogP contribution < -0.4 is 82.7 Å². The van der Waals surface area contributed by atoms with Crippen molar-refractivity contribution in [3.05, 3.63) is 144 Å². The molecule has 9 amide bonds. The average Bonchev–Trinajstić information content (AvgIpc) is 1.65. The topological polar surface area (TPSA) is 495 Å². The van der Waals surface area contributed by atoms with E-state index in [1.165, 1.54) is 0 Å². The lowest BCUT2D eigenvalue weighted by Crippen LogP contribution is -2.61. The van der Waals surface area contributed by atoms with E-state index in [1.54, 1.807) is 24.8 Å². The number of aromatic nitrogens is 4. The predicted octanol–water partition coefficient (Wildman–Crippen LogP) is 2.22. The lowest BCUT2D eigenvalue weighted by molar-refractivity contribution is -0.136. The number of hydrogen-bond donors (Lipinski definition) is 19. The SMILES string of the molecule is NCCCC[C@H](NC(=O)[C@H](Cc1c[nH]c2ccccc12)NC(=O)[C@H](Cc1c[nH]c2ccccc12)NC(=O)[C@H](CCCCN)NC(=O)[C@H](CCCCN)NC(=O)[C@H](Cc1c[nH]c2ccccc12)NC(=O)[C@H](Cc1c[nH]c2ccccc12)NC(=O)[C@H](CCCCN)NC(=O)[C@@H](N)CCCCN)C(N)=O. The van der Waals surface area contributed by atoms with Crippen LogP contribution in [0, 0.1) is 0 Å². The van der Waals surface area contributed by atoms with E-state index in [2.05, 4.69) is 62.5 Å². The maximum atomic E-state index is 15.4. The number of primary amides is 1. The highest BCUT2D eigenvalue weighted by Crippen LogP contribution is 2.25. The standard InChI is InChI=1S/C74H103N19O9/c75-32-14-9-23-53(80)67(95)87-59(29-11-16-34-77)69(97)90-64(39-47-43-84-56-26-7-3-21-51(47)56)74(102)93-63(38-46-42-83-55-25-6-2-20-50(46)55)72(100)89-60(30-12-17-35-78)68(96)88-61(31-13-18-36-79)70(98)91-65(40-48-44-85-57-27-8-4-22-52(48)57)73(101)92-62(37-45-41-82-54-24-5-1-19-49(45)54)71(99)86-58(66(81)94)28-10-15-33-76/h1-8,19-22,24-27,41-44,53,58-65,82-85H,9-18,23,28-40,75-80H2,(H2,81,94)(H,86,99)(H,87,95)(H,88,96)(H,89,100)(H,90,97)(H,91,98)(H,92,101)(H,93,102)/t53-,58-,59-,60-,61-,62-,63-,64-,65-/m0/s1. The summed E-state index contributed by atoms with van der Waals surface area (Å²) in [6, 6.07) is 18.4. The molecule has 4 heterocycles. The van der Waals surface area contributed by atoms with E-state index in [9.17, 15) is 19.2 Å². The number of hydrogen-bond acceptors (Lipinski definition) is 15. The number of carbonyl (C=O) groups is 9. The van der Waals surface area contributed by atoms with Crippen LogP contribution in [0.4, 0.5) is 0 Å². The van der Waals surface area contributed by atoms with Crippen molar-refractivity contribution in [3.63, 3.8) is 0 Å². The number of nitrogens with two attached hydrogens (primary N) is 7. The number of fused-ring (bicyclic) bond motifs is 4. The fourth-order valence-electron chi connectivity index (χ4n) is 12.8. The zero-order valence-corrected chi connectivity index (χ0v) is 57.9. The molecule has 0 unspecified atom stereocenters. The van der Waals surface area contributed by atoms with Crippen molar-refractivity contribution in [2.24, 2.45) is 40.1 Å². The molecule has 0 bridgehead atoms. The predicted molar refractivity (Wildman–Crippen MR) is 395 cm³/mol. The molecule has 4 aromatic heterocycles. The Balaban J connectivity index is 1.09. The van der Waals surface area contributed by atoms with Crippen molar-refractivity contribution in [2.75, 3.05) is 32.7 Å². The normalized spacial score (nSPS) is 14.2. The van der Waals surface area contributed by atoms with Crippen LogP contribution >= 0.6 is 0 Å². The van der Waals surface area contributed by atoms with Crippen LogP contribution in [0.3, 0.4) is 0 Å². The van der Waals surface area contributed by atoms with Gasteiger partial charge in [-0.15, -0.1) is 0 Å². The van der Waals surface area contributed by atoms with Crippen LogP contribution in [0.25, 0.3) is 43.6 Å². The highest BCUT2D eigenvalue weighted by Gasteiger charge is 2.37. The Morgan fingerprint density at radius 1 is 0.284 bits per heavy atom. The highest BCUT2D eigenvalue weighted by molar-refractivity contribution is 6.00. The highest BCUT2D eigenvalue weighted by atomic mass is 16.2. The number of aromatic amines is 4. The second-order valence-electron chi connectivity index (χ2n) is 26.2. The quantitative estimate of drug-likeness (QED) is 0.0243. The summed E-state index contributed by atoms with van der Waals surface area (Å²) < 4.78 is 0. The second-order valence-corrected chi connectivity index (χ2v) is 26.2. The number of amides is 9. The summed E-state index contributed by atoms with van der Waals surface area (Å²) in [6.07, 6.45) is 12.3. The molecule has 0 spiro atoms. The van der Waals surface area contributed by atoms with Gasteiger partial charge in [0.25, 0.3) is 0 Å². The maximum Gasteiger partial charge on any atom is 0.243 e. The number of unbranched alkanes of at least 4 members (excludes halogenated alkanes) is 5. The number of nitrogens with one attached hydrogen (secondary N) is 12. The van der Waals surface area contributed by atoms with Gasteiger partial charge in [-0.2, -0.15) is 0 Å². The van der Waals surface area contributed by atoms with Crippen LogP contribution in [0.15, 0.2) is 122 Å². The molecule has 0 radical (unpaired) electrons. The van der Waals surface area contributed by atoms with Crippen LogP contribution in [0.2, 0.25) is 0 Å². The third kappa shape index (κ3) is 22.3. The largest absolute Gasteiger partial charge is 0.368 e. The minimum atomic E-state index is -1.41. The molecule has 0 fully saturated rings. The van der Waals surface area contributed by atoms with Crippen molar-refractivity contribution >= 4 is 96.8 Å². The number of para-hydroxylation sites is 4. The summed E-state index contributed by atoms with van der Waals surface area (Å²) in [5.41, 5.74) is 47.2. The van der Waals surface area contributed by atoms with Gasteiger partial charge in [0.2, 0.25) is 53.2 Å². The number of carbonyl (C=O) groups excluding carboxylic acids is 9. The Morgan fingerprint density at radius 2 is 0.500 bits per heavy atom. The fraction of sp³-hybridized carbons (Fsp3) is 0.446. The number of rotatable bonds is 45. The molecule has 28 heteroatoms. The molecule has 0 saturated carbocycles. The van der Waals surface area contributed by atoms with Gasteiger partial charge in [-0.25, -0.2) is 0 Å². The summed E-state index contributed by atoms with van der Waals surface area (Å²) >= 11 is 0. The minimum absolute atomic E-state index is 0.0297. The molecule has 102 heavy (non-hydrogen) atoms. The molecule has 0 saturated heterocycles. The van der Waals surface area contributed by atoms with Crippen molar-refractivity contribution in [1.29, 1.82) is 0 Å². The molecule has 8 aromatic rings. The van der Waals surface area contributed by atoms with Gasteiger partial charge in [-0.05, 0) is 169 Å². The molecule has 0 aliphatic rings. The van der Waals surface area contributed by atoms with E-state index in [4.69, 9.17) is 40.1 Å². The first-order valence-corrected chi connectivity index (χ1v) is 35.6. The van der Waals surface area contributed by atoms with Crippen LogP contribution in [-0.2, 0) is 68.8 Å². The monoisotopic (exact) mass is 1400 g/mol. The number of benzene rings is 4. The molecule has 8 rings (SSSR count). The maximum absolute atomic E-state index is 15.4. The molecule has 9 atom stereocenters. The average molecular weight is 1400 g/mol. The Morgan fingerprint density at radius 3 is 0.765 bits per heavy atom. The zero-order valence-electron chi connectivity index (χ0n) is 57.9. The Hall–Kier alpha value is -9.97. The van der Waals surface area contributed by atoms with E-state index in [0.717, 1.165) is 43.6 Å². The van der Waals surface area contributed by atoms with Gasteiger partial charge in [-0.1, -0.05) is 79.2 Å². The molecule has 26 N–H and O–H groups in total. The van der Waals surface area contributed by atoms with Crippen LogP contribution in [-0.4, -0.2) is 160 Å². The smallest absolute Gasteiger partial charge is 0.243 e. The van der Waals surface area contributed by atoms with E-state index in [-0.39, 0.29) is 64.5 Å². The third-order valence-electron chi connectivity index (χ3n) is 18.6. The Bertz CT molecular complexity index is 4070. The second kappa shape index (κ2) is 39.9. The lowest BCUT2D eigenvalue weighted by atomic mass is 9.99. The van der Waals surface area contributed by atoms with Gasteiger partial charge in [0, 0.05) is 94.1 Å². The minimum Gasteiger partial charge on any atom is -0.368 e. The first-order chi connectivity index (χ1) is 49.4. The Kier molecular flexibility index (Phi) is 30.4. The van der Waals surface area contributed by atoms with Crippen LogP contribution in [0.5, 0.6) is 0 Å². The van der Waals surface area contributed by atoms with E-state index >= 15 is 24.0 Å². The van der Waals surface area contributed by atoms with Gasteiger partial charge >= 0.3 is 0 Å². The van der Waals surface area contributed by atoms with E-state index < -0.39 is 108 Å². The molecule has 4 aromatic carbocycles. The Labute approximate surface area is 593 Å². The van der Waals surface area contributed by atoms with Crippen molar-refractivity contribution in [2.45, 2.75) is 176 Å².